The molecule has 0 aliphatic carbocycles. The quantitative estimate of drug-likeness (QED) is 0.599. The Morgan fingerprint density at radius 3 is 2.60 bits per heavy atom. The average Bonchev–Trinajstić information content (AvgIpc) is 3.03. The fourth-order valence-electron chi connectivity index (χ4n) is 2.45. The summed E-state index contributed by atoms with van der Waals surface area (Å²) >= 11 is 1.46. The van der Waals surface area contributed by atoms with Gasteiger partial charge in [0.25, 0.3) is 0 Å². The van der Waals surface area contributed by atoms with Gasteiger partial charge in [0, 0.05) is 19.2 Å². The van der Waals surface area contributed by atoms with Gasteiger partial charge in [0.1, 0.15) is 5.75 Å². The van der Waals surface area contributed by atoms with Crippen LogP contribution in [-0.4, -0.2) is 24.5 Å². The van der Waals surface area contributed by atoms with Crippen LogP contribution in [0.5, 0.6) is 5.75 Å². The lowest BCUT2D eigenvalue weighted by molar-refractivity contribution is -0.116. The van der Waals surface area contributed by atoms with Gasteiger partial charge in [0.2, 0.25) is 11.0 Å². The number of amides is 1. The number of azo groups is 1. The zero-order valence-corrected chi connectivity index (χ0v) is 15.1. The van der Waals surface area contributed by atoms with Gasteiger partial charge in [0.15, 0.2) is 0 Å². The third-order valence-electron chi connectivity index (χ3n) is 3.69. The number of thiazole rings is 1. The molecule has 1 aromatic heterocycles. The number of carbonyl (C=O) groups is 1. The summed E-state index contributed by atoms with van der Waals surface area (Å²) in [5.74, 6) is 0.808. The molecule has 0 unspecified atom stereocenters. The van der Waals surface area contributed by atoms with Gasteiger partial charge < -0.3 is 9.64 Å². The lowest BCUT2D eigenvalue weighted by atomic mass is 10.2. The molecule has 3 aromatic rings. The molecule has 1 heterocycles. The first-order valence-electron chi connectivity index (χ1n) is 7.85. The molecule has 0 saturated carbocycles. The third-order valence-corrected chi connectivity index (χ3v) is 4.60. The smallest absolute Gasteiger partial charge is 0.231 e. The minimum Gasteiger partial charge on any atom is -0.497 e. The lowest BCUT2D eigenvalue weighted by Crippen LogP contribution is -2.27. The molecular formula is C18H18N4O2S. The van der Waals surface area contributed by atoms with Crippen LogP contribution in [0.15, 0.2) is 52.7 Å². The number of anilines is 1. The Bertz CT molecular complexity index is 918. The molecule has 0 spiro atoms. The lowest BCUT2D eigenvalue weighted by Gasteiger charge is -2.18. The number of benzene rings is 2. The van der Waals surface area contributed by atoms with Crippen LogP contribution in [0.3, 0.4) is 0 Å². The zero-order chi connectivity index (χ0) is 17.8. The summed E-state index contributed by atoms with van der Waals surface area (Å²) in [6.07, 6.45) is 0. The molecule has 2 aromatic carbocycles. The van der Waals surface area contributed by atoms with Gasteiger partial charge in [-0.05, 0) is 49.4 Å². The van der Waals surface area contributed by atoms with E-state index in [4.69, 9.17) is 4.74 Å². The Morgan fingerprint density at radius 1 is 1.20 bits per heavy atom. The summed E-state index contributed by atoms with van der Waals surface area (Å²) in [4.78, 5) is 17.7. The van der Waals surface area contributed by atoms with E-state index in [0.29, 0.717) is 17.4 Å². The molecule has 0 fully saturated rings. The molecule has 6 nitrogen and oxygen atoms in total. The highest BCUT2D eigenvalue weighted by Crippen LogP contribution is 2.32. The highest BCUT2D eigenvalue weighted by atomic mass is 32.1. The van der Waals surface area contributed by atoms with Gasteiger partial charge in [-0.2, -0.15) is 0 Å². The zero-order valence-electron chi connectivity index (χ0n) is 14.3. The Labute approximate surface area is 149 Å². The van der Waals surface area contributed by atoms with Crippen LogP contribution in [0.25, 0.3) is 10.2 Å². The van der Waals surface area contributed by atoms with E-state index >= 15 is 0 Å². The number of hydrogen-bond acceptors (Lipinski definition) is 6. The number of aromatic nitrogens is 1. The van der Waals surface area contributed by atoms with Crippen molar-refractivity contribution in [2.75, 3.05) is 18.6 Å². The van der Waals surface area contributed by atoms with E-state index in [2.05, 4.69) is 15.2 Å². The molecule has 0 N–H and O–H groups in total. The summed E-state index contributed by atoms with van der Waals surface area (Å²) in [6, 6.07) is 13.1. The number of ether oxygens (including phenoxy) is 1. The molecule has 25 heavy (non-hydrogen) atoms. The first-order valence-corrected chi connectivity index (χ1v) is 8.67. The van der Waals surface area contributed by atoms with Gasteiger partial charge >= 0.3 is 0 Å². The summed E-state index contributed by atoms with van der Waals surface area (Å²) in [6.45, 7) is 4.13. The third kappa shape index (κ3) is 3.83. The second-order valence-corrected chi connectivity index (χ2v) is 6.32. The highest BCUT2D eigenvalue weighted by molar-refractivity contribution is 7.21. The van der Waals surface area contributed by atoms with Crippen LogP contribution in [-0.2, 0) is 4.79 Å². The van der Waals surface area contributed by atoms with Crippen molar-refractivity contribution in [2.45, 2.75) is 13.8 Å². The van der Waals surface area contributed by atoms with Crippen molar-refractivity contribution < 1.29 is 9.53 Å². The van der Waals surface area contributed by atoms with Crippen LogP contribution in [0, 0.1) is 0 Å². The Balaban J connectivity index is 1.78. The average molecular weight is 354 g/mol. The van der Waals surface area contributed by atoms with E-state index < -0.39 is 0 Å². The maximum Gasteiger partial charge on any atom is 0.231 e. The molecule has 0 aliphatic heterocycles. The van der Waals surface area contributed by atoms with Crippen LogP contribution in [0.1, 0.15) is 13.8 Å². The number of hydrogen-bond donors (Lipinski definition) is 0. The summed E-state index contributed by atoms with van der Waals surface area (Å²) in [5, 5.41) is 9.02. The summed E-state index contributed by atoms with van der Waals surface area (Å²) < 4.78 is 6.22. The van der Waals surface area contributed by atoms with Gasteiger partial charge in [-0.15, -0.1) is 10.2 Å². The fourth-order valence-corrected chi connectivity index (χ4v) is 3.26. The van der Waals surface area contributed by atoms with Gasteiger partial charge in [-0.3, -0.25) is 4.79 Å². The van der Waals surface area contributed by atoms with Crippen LogP contribution >= 0.6 is 11.3 Å². The summed E-state index contributed by atoms with van der Waals surface area (Å²) in [7, 11) is 1.64. The predicted molar refractivity (Wildman–Crippen MR) is 100 cm³/mol. The fraction of sp³-hybridized carbons (Fsp3) is 0.222. The Hall–Kier alpha value is -2.80. The molecule has 0 saturated heterocycles. The molecule has 3 rings (SSSR count). The van der Waals surface area contributed by atoms with Gasteiger partial charge in [-0.25, -0.2) is 4.98 Å². The Morgan fingerprint density at radius 2 is 1.96 bits per heavy atom. The molecule has 0 atom stereocenters. The van der Waals surface area contributed by atoms with Crippen molar-refractivity contribution in [3.8, 4) is 5.75 Å². The van der Waals surface area contributed by atoms with Gasteiger partial charge in [-0.1, -0.05) is 11.3 Å². The SMILES string of the molecule is CCN(C(C)=O)c1ccc(N=Nc2nc3ccc(OC)cc3s2)cc1. The Kier molecular flexibility index (Phi) is 5.04. The van der Waals surface area contributed by atoms with E-state index in [1.807, 2.05) is 49.4 Å². The molecule has 128 valence electrons. The van der Waals surface area contributed by atoms with Crippen LogP contribution < -0.4 is 9.64 Å². The molecule has 0 bridgehead atoms. The molecule has 1 amide bonds. The molecule has 0 radical (unpaired) electrons. The van der Waals surface area contributed by atoms with E-state index in [1.54, 1.807) is 18.9 Å². The standard InChI is InChI=1S/C18H18N4O2S/c1-4-22(12(2)23)14-7-5-13(6-8-14)20-21-18-19-16-10-9-15(24-3)11-17(16)25-18/h5-11H,4H2,1-3H3. The number of fused-ring (bicyclic) bond motifs is 1. The van der Waals surface area contributed by atoms with E-state index in [9.17, 15) is 4.79 Å². The van der Waals surface area contributed by atoms with Crippen molar-refractivity contribution in [3.63, 3.8) is 0 Å². The number of carbonyl (C=O) groups excluding carboxylic acids is 1. The molecular weight excluding hydrogens is 336 g/mol. The first-order chi connectivity index (χ1) is 12.1. The first kappa shape index (κ1) is 17.0. The van der Waals surface area contributed by atoms with Crippen molar-refractivity contribution in [3.05, 3.63) is 42.5 Å². The van der Waals surface area contributed by atoms with Gasteiger partial charge in [0.05, 0.1) is 23.0 Å². The minimum absolute atomic E-state index is 0.0155. The highest BCUT2D eigenvalue weighted by Gasteiger charge is 2.08. The van der Waals surface area contributed by atoms with E-state index in [-0.39, 0.29) is 5.91 Å². The minimum atomic E-state index is 0.0155. The number of nitrogens with zero attached hydrogens (tertiary/aromatic N) is 4. The largest absolute Gasteiger partial charge is 0.497 e. The maximum atomic E-state index is 11.6. The second-order valence-electron chi connectivity index (χ2n) is 5.31. The predicted octanol–water partition coefficient (Wildman–Crippen LogP) is 5.09. The number of rotatable bonds is 5. The van der Waals surface area contributed by atoms with Crippen molar-refractivity contribution in [1.29, 1.82) is 0 Å². The second kappa shape index (κ2) is 7.40. The summed E-state index contributed by atoms with van der Waals surface area (Å²) in [5.41, 5.74) is 2.43. The topological polar surface area (TPSA) is 67.2 Å². The molecule has 7 heteroatoms. The van der Waals surface area contributed by atoms with Crippen molar-refractivity contribution >= 4 is 44.0 Å². The molecule has 0 aliphatic rings. The van der Waals surface area contributed by atoms with Crippen molar-refractivity contribution in [2.24, 2.45) is 10.2 Å². The van der Waals surface area contributed by atoms with Crippen molar-refractivity contribution in [1.82, 2.24) is 4.98 Å². The van der Waals surface area contributed by atoms with E-state index in [1.165, 1.54) is 11.3 Å². The normalized spacial score (nSPS) is 11.2. The van der Waals surface area contributed by atoms with Crippen LogP contribution in [0.2, 0.25) is 0 Å². The number of methoxy groups -OCH3 is 1. The maximum absolute atomic E-state index is 11.6. The van der Waals surface area contributed by atoms with E-state index in [0.717, 1.165) is 21.7 Å². The monoisotopic (exact) mass is 354 g/mol. The van der Waals surface area contributed by atoms with Crippen LogP contribution in [0.4, 0.5) is 16.5 Å².